The van der Waals surface area contributed by atoms with Crippen LogP contribution >= 0.6 is 0 Å². The fourth-order valence-electron chi connectivity index (χ4n) is 3.09. The Labute approximate surface area is 110 Å². The van der Waals surface area contributed by atoms with Crippen LogP contribution in [0.3, 0.4) is 0 Å². The number of carbonyl (C=O) groups excluding carboxylic acids is 1. The smallest absolute Gasteiger partial charge is 0.224 e. The zero-order valence-electron chi connectivity index (χ0n) is 11.6. The number of ether oxygens (including phenoxy) is 1. The number of hydrogen-bond donors (Lipinski definition) is 2. The molecule has 4 nitrogen and oxygen atoms in total. The van der Waals surface area contributed by atoms with E-state index in [2.05, 4.69) is 24.5 Å². The lowest BCUT2D eigenvalue weighted by molar-refractivity contribution is -0.129. The minimum absolute atomic E-state index is 0.00980. The third-order valence-electron chi connectivity index (χ3n) is 4.56. The third-order valence-corrected chi connectivity index (χ3v) is 4.56. The van der Waals surface area contributed by atoms with E-state index in [-0.39, 0.29) is 17.4 Å². The summed E-state index contributed by atoms with van der Waals surface area (Å²) in [5, 5.41) is 6.47. The van der Waals surface area contributed by atoms with Crippen molar-refractivity contribution < 1.29 is 9.53 Å². The summed E-state index contributed by atoms with van der Waals surface area (Å²) < 4.78 is 5.94. The molecule has 104 valence electrons. The summed E-state index contributed by atoms with van der Waals surface area (Å²) in [6.07, 6.45) is 4.95. The average molecular weight is 254 g/mol. The molecule has 2 heterocycles. The van der Waals surface area contributed by atoms with Crippen molar-refractivity contribution in [3.63, 3.8) is 0 Å². The number of hydrogen-bond acceptors (Lipinski definition) is 3. The van der Waals surface area contributed by atoms with Gasteiger partial charge in [-0.1, -0.05) is 13.8 Å². The number of nitrogens with one attached hydrogen (secondary N) is 2. The summed E-state index contributed by atoms with van der Waals surface area (Å²) in [4.78, 5) is 12.1. The van der Waals surface area contributed by atoms with E-state index < -0.39 is 0 Å². The van der Waals surface area contributed by atoms with E-state index in [0.717, 1.165) is 51.8 Å². The van der Waals surface area contributed by atoms with Crippen molar-refractivity contribution in [2.24, 2.45) is 5.92 Å². The molecule has 1 amide bonds. The van der Waals surface area contributed by atoms with Crippen LogP contribution in [0.2, 0.25) is 0 Å². The highest BCUT2D eigenvalue weighted by Crippen LogP contribution is 2.31. The van der Waals surface area contributed by atoms with Gasteiger partial charge in [-0.2, -0.15) is 0 Å². The summed E-state index contributed by atoms with van der Waals surface area (Å²) in [6, 6.07) is 0.298. The van der Waals surface area contributed by atoms with Crippen LogP contribution in [0.5, 0.6) is 0 Å². The second-order valence-corrected chi connectivity index (χ2v) is 5.63. The van der Waals surface area contributed by atoms with E-state index in [1.807, 2.05) is 0 Å². The van der Waals surface area contributed by atoms with Crippen molar-refractivity contribution in [1.29, 1.82) is 0 Å². The Morgan fingerprint density at radius 2 is 2.17 bits per heavy atom. The van der Waals surface area contributed by atoms with Crippen LogP contribution in [0, 0.1) is 5.92 Å². The molecule has 2 saturated heterocycles. The van der Waals surface area contributed by atoms with Crippen LogP contribution in [0.1, 0.15) is 46.0 Å². The van der Waals surface area contributed by atoms with E-state index >= 15 is 0 Å². The lowest BCUT2D eigenvalue weighted by Gasteiger charge is -2.40. The van der Waals surface area contributed by atoms with Crippen molar-refractivity contribution in [3.05, 3.63) is 0 Å². The maximum atomic E-state index is 12.1. The molecule has 0 radical (unpaired) electrons. The van der Waals surface area contributed by atoms with Gasteiger partial charge >= 0.3 is 0 Å². The topological polar surface area (TPSA) is 50.4 Å². The second kappa shape index (κ2) is 6.02. The van der Waals surface area contributed by atoms with Crippen LogP contribution in [-0.2, 0) is 9.53 Å². The molecule has 0 aromatic carbocycles. The Morgan fingerprint density at radius 1 is 1.39 bits per heavy atom. The molecule has 0 bridgehead atoms. The Balaban J connectivity index is 1.87. The minimum Gasteiger partial charge on any atom is -0.375 e. The molecule has 0 aliphatic carbocycles. The number of amides is 1. The van der Waals surface area contributed by atoms with E-state index in [9.17, 15) is 4.79 Å². The molecule has 2 atom stereocenters. The monoisotopic (exact) mass is 254 g/mol. The normalized spacial score (nSPS) is 31.2. The molecule has 2 fully saturated rings. The molecule has 18 heavy (non-hydrogen) atoms. The standard InChI is InChI=1S/C14H26N2O2/c1-3-14(4-2)9-12(6-8-18-14)16-13(17)11-5-7-15-10-11/h11-12,15H,3-10H2,1-2H3,(H,16,17). The maximum Gasteiger partial charge on any atom is 0.224 e. The van der Waals surface area contributed by atoms with Crippen molar-refractivity contribution >= 4 is 5.91 Å². The average Bonchev–Trinajstić information content (AvgIpc) is 2.93. The SMILES string of the molecule is CCC1(CC)CC(NC(=O)C2CCNC2)CCO1. The molecular weight excluding hydrogens is 228 g/mol. The van der Waals surface area contributed by atoms with Crippen molar-refractivity contribution in [3.8, 4) is 0 Å². The van der Waals surface area contributed by atoms with Gasteiger partial charge in [0, 0.05) is 19.2 Å². The van der Waals surface area contributed by atoms with Crippen molar-refractivity contribution in [1.82, 2.24) is 10.6 Å². The number of rotatable bonds is 4. The Kier molecular flexibility index (Phi) is 4.62. The van der Waals surface area contributed by atoms with Gasteiger partial charge < -0.3 is 15.4 Å². The van der Waals surface area contributed by atoms with E-state index in [0.29, 0.717) is 6.04 Å². The van der Waals surface area contributed by atoms with Gasteiger partial charge in [-0.25, -0.2) is 0 Å². The molecule has 0 spiro atoms. The van der Waals surface area contributed by atoms with Crippen molar-refractivity contribution in [2.75, 3.05) is 19.7 Å². The van der Waals surface area contributed by atoms with Crippen LogP contribution in [0.4, 0.5) is 0 Å². The lowest BCUT2D eigenvalue weighted by atomic mass is 9.85. The molecule has 0 aromatic rings. The fourth-order valence-corrected chi connectivity index (χ4v) is 3.09. The molecule has 2 unspecified atom stereocenters. The van der Waals surface area contributed by atoms with Gasteiger partial charge in [-0.3, -0.25) is 4.79 Å². The van der Waals surface area contributed by atoms with Gasteiger partial charge in [0.1, 0.15) is 0 Å². The molecule has 0 aromatic heterocycles. The zero-order chi connectivity index (χ0) is 13.0. The fraction of sp³-hybridized carbons (Fsp3) is 0.929. The lowest BCUT2D eigenvalue weighted by Crippen LogP contribution is -2.49. The van der Waals surface area contributed by atoms with Gasteiger partial charge in [0.05, 0.1) is 11.5 Å². The Morgan fingerprint density at radius 3 is 2.78 bits per heavy atom. The summed E-state index contributed by atoms with van der Waals surface area (Å²) in [5.74, 6) is 0.401. The maximum absolute atomic E-state index is 12.1. The van der Waals surface area contributed by atoms with Gasteiger partial charge in [-0.05, 0) is 38.6 Å². The molecule has 2 N–H and O–H groups in total. The number of carbonyl (C=O) groups is 1. The van der Waals surface area contributed by atoms with Crippen molar-refractivity contribution in [2.45, 2.75) is 57.6 Å². The first-order chi connectivity index (χ1) is 8.69. The van der Waals surface area contributed by atoms with Crippen LogP contribution in [-0.4, -0.2) is 37.2 Å². The highest BCUT2D eigenvalue weighted by atomic mass is 16.5. The minimum atomic E-state index is -0.00980. The van der Waals surface area contributed by atoms with E-state index in [1.54, 1.807) is 0 Å². The largest absolute Gasteiger partial charge is 0.375 e. The summed E-state index contributed by atoms with van der Waals surface area (Å²) >= 11 is 0. The molecule has 0 saturated carbocycles. The van der Waals surface area contributed by atoms with Gasteiger partial charge in [0.15, 0.2) is 0 Å². The van der Waals surface area contributed by atoms with Gasteiger partial charge in [0.2, 0.25) is 5.91 Å². The van der Waals surface area contributed by atoms with Gasteiger partial charge in [0.25, 0.3) is 0 Å². The highest BCUT2D eigenvalue weighted by molar-refractivity contribution is 5.79. The summed E-state index contributed by atoms with van der Waals surface area (Å²) in [5.41, 5.74) is -0.00980. The Bertz CT molecular complexity index is 284. The second-order valence-electron chi connectivity index (χ2n) is 5.63. The molecule has 2 aliphatic rings. The zero-order valence-corrected chi connectivity index (χ0v) is 11.6. The Hall–Kier alpha value is -0.610. The first-order valence-electron chi connectivity index (χ1n) is 7.34. The van der Waals surface area contributed by atoms with Crippen LogP contribution in [0.25, 0.3) is 0 Å². The summed E-state index contributed by atoms with van der Waals surface area (Å²) in [6.45, 7) is 6.93. The first-order valence-corrected chi connectivity index (χ1v) is 7.34. The molecule has 2 aliphatic heterocycles. The predicted molar refractivity (Wildman–Crippen MR) is 71.4 cm³/mol. The van der Waals surface area contributed by atoms with Crippen LogP contribution < -0.4 is 10.6 Å². The molecule has 4 heteroatoms. The van der Waals surface area contributed by atoms with E-state index in [4.69, 9.17) is 4.74 Å². The molecule has 2 rings (SSSR count). The highest BCUT2D eigenvalue weighted by Gasteiger charge is 2.36. The predicted octanol–water partition coefficient (Wildman–Crippen LogP) is 1.45. The van der Waals surface area contributed by atoms with Gasteiger partial charge in [-0.15, -0.1) is 0 Å². The first kappa shape index (κ1) is 13.8. The third kappa shape index (κ3) is 3.04. The van der Waals surface area contributed by atoms with Crippen LogP contribution in [0.15, 0.2) is 0 Å². The van der Waals surface area contributed by atoms with E-state index in [1.165, 1.54) is 0 Å². The quantitative estimate of drug-likeness (QED) is 0.798. The summed E-state index contributed by atoms with van der Waals surface area (Å²) in [7, 11) is 0. The molecular formula is C14H26N2O2.